The molecular weight excluding hydrogens is 320 g/mol. The van der Waals surface area contributed by atoms with Gasteiger partial charge in [0, 0.05) is 12.0 Å². The Morgan fingerprint density at radius 2 is 1.62 bits per heavy atom. The van der Waals surface area contributed by atoms with Crippen LogP contribution in [0, 0.1) is 27.7 Å². The van der Waals surface area contributed by atoms with E-state index in [0.29, 0.717) is 0 Å². The van der Waals surface area contributed by atoms with Crippen LogP contribution in [-0.4, -0.2) is 5.71 Å². The molecule has 0 fully saturated rings. The second-order valence-electron chi connectivity index (χ2n) is 7.15. The number of anilines is 1. The molecule has 1 atom stereocenters. The van der Waals surface area contributed by atoms with E-state index in [1.54, 1.807) is 0 Å². The zero-order chi connectivity index (χ0) is 18.3. The van der Waals surface area contributed by atoms with Crippen LogP contribution >= 0.6 is 0 Å². The minimum Gasteiger partial charge on any atom is -0.464 e. The van der Waals surface area contributed by atoms with Gasteiger partial charge in [0.1, 0.15) is 17.6 Å². The Balaban J connectivity index is 1.79. The molecule has 4 rings (SSSR count). The second-order valence-corrected chi connectivity index (χ2v) is 7.15. The molecule has 0 N–H and O–H groups in total. The molecule has 0 amide bonds. The molecule has 0 aliphatic carbocycles. The zero-order valence-electron chi connectivity index (χ0n) is 15.8. The zero-order valence-corrected chi connectivity index (χ0v) is 15.8. The van der Waals surface area contributed by atoms with Crippen molar-refractivity contribution in [2.24, 2.45) is 5.10 Å². The van der Waals surface area contributed by atoms with Crippen molar-refractivity contribution < 1.29 is 4.42 Å². The van der Waals surface area contributed by atoms with Crippen molar-refractivity contribution in [2.75, 3.05) is 5.01 Å². The van der Waals surface area contributed by atoms with Gasteiger partial charge in [-0.2, -0.15) is 5.10 Å². The molecule has 0 unspecified atom stereocenters. The maximum Gasteiger partial charge on any atom is 0.129 e. The van der Waals surface area contributed by atoms with E-state index in [9.17, 15) is 0 Å². The molecule has 3 heteroatoms. The minimum atomic E-state index is 0.0853. The summed E-state index contributed by atoms with van der Waals surface area (Å²) in [6.45, 7) is 8.48. The summed E-state index contributed by atoms with van der Waals surface area (Å²) in [5.41, 5.74) is 7.34. The molecule has 0 bridgehead atoms. The summed E-state index contributed by atoms with van der Waals surface area (Å²) in [5.74, 6) is 1.90. The number of benzene rings is 2. The van der Waals surface area contributed by atoms with E-state index in [-0.39, 0.29) is 6.04 Å². The number of furan rings is 1. The van der Waals surface area contributed by atoms with Crippen LogP contribution in [0.3, 0.4) is 0 Å². The molecule has 0 radical (unpaired) electrons. The van der Waals surface area contributed by atoms with Crippen LogP contribution in [-0.2, 0) is 0 Å². The quantitative estimate of drug-likeness (QED) is 0.594. The molecule has 26 heavy (non-hydrogen) atoms. The summed E-state index contributed by atoms with van der Waals surface area (Å²) in [7, 11) is 0. The van der Waals surface area contributed by atoms with Gasteiger partial charge in [-0.3, -0.25) is 5.01 Å². The molecule has 132 valence electrons. The molecule has 3 nitrogen and oxygen atoms in total. The first-order chi connectivity index (χ1) is 12.5. The molecule has 2 aromatic carbocycles. The first-order valence-electron chi connectivity index (χ1n) is 9.09. The van der Waals surface area contributed by atoms with Crippen molar-refractivity contribution >= 4 is 11.4 Å². The maximum absolute atomic E-state index is 5.96. The first kappa shape index (κ1) is 16.6. The third kappa shape index (κ3) is 2.94. The monoisotopic (exact) mass is 344 g/mol. The lowest BCUT2D eigenvalue weighted by Crippen LogP contribution is -2.17. The van der Waals surface area contributed by atoms with E-state index in [4.69, 9.17) is 9.52 Å². The Morgan fingerprint density at radius 1 is 0.885 bits per heavy atom. The van der Waals surface area contributed by atoms with Crippen LogP contribution in [0.1, 0.15) is 46.2 Å². The highest BCUT2D eigenvalue weighted by Crippen LogP contribution is 2.37. The lowest BCUT2D eigenvalue weighted by Gasteiger charge is -2.21. The minimum absolute atomic E-state index is 0.0853. The van der Waals surface area contributed by atoms with E-state index in [2.05, 4.69) is 68.2 Å². The highest BCUT2D eigenvalue weighted by Gasteiger charge is 2.32. The van der Waals surface area contributed by atoms with Crippen LogP contribution in [0.5, 0.6) is 0 Å². The summed E-state index contributed by atoms with van der Waals surface area (Å²) in [6, 6.07) is 19.0. The molecule has 0 saturated heterocycles. The van der Waals surface area contributed by atoms with Gasteiger partial charge in [-0.1, -0.05) is 24.3 Å². The molecule has 2 heterocycles. The van der Waals surface area contributed by atoms with E-state index < -0.39 is 0 Å². The van der Waals surface area contributed by atoms with Gasteiger partial charge in [0.15, 0.2) is 0 Å². The van der Waals surface area contributed by atoms with Gasteiger partial charge in [-0.05, 0) is 74.7 Å². The Labute approximate surface area is 155 Å². The third-order valence-electron chi connectivity index (χ3n) is 5.17. The SMILES string of the molecule is Cc1ccc([C@@H]2CC(c3cc(C)c(C)cc3C)=NN2c2ccccc2)o1. The van der Waals surface area contributed by atoms with Gasteiger partial charge in [0.25, 0.3) is 0 Å². The largest absolute Gasteiger partial charge is 0.464 e. The third-order valence-corrected chi connectivity index (χ3v) is 5.17. The molecule has 3 aromatic rings. The predicted molar refractivity (Wildman–Crippen MR) is 107 cm³/mol. The number of aryl methyl sites for hydroxylation is 4. The first-order valence-corrected chi connectivity index (χ1v) is 9.09. The highest BCUT2D eigenvalue weighted by molar-refractivity contribution is 6.04. The lowest BCUT2D eigenvalue weighted by atomic mass is 9.95. The Morgan fingerprint density at radius 3 is 2.31 bits per heavy atom. The Hall–Kier alpha value is -2.81. The van der Waals surface area contributed by atoms with Crippen molar-refractivity contribution in [2.45, 2.75) is 40.2 Å². The van der Waals surface area contributed by atoms with Crippen LogP contribution in [0.4, 0.5) is 5.69 Å². The number of hydrogen-bond donors (Lipinski definition) is 0. The Kier molecular flexibility index (Phi) is 4.15. The molecule has 1 aromatic heterocycles. The van der Waals surface area contributed by atoms with Crippen molar-refractivity contribution in [1.29, 1.82) is 0 Å². The molecular formula is C23H24N2O. The topological polar surface area (TPSA) is 28.7 Å². The van der Waals surface area contributed by atoms with Crippen molar-refractivity contribution in [3.8, 4) is 0 Å². The van der Waals surface area contributed by atoms with Gasteiger partial charge >= 0.3 is 0 Å². The molecule has 0 saturated carbocycles. The average Bonchev–Trinajstić information content (AvgIpc) is 3.25. The van der Waals surface area contributed by atoms with Crippen LogP contribution in [0.15, 0.2) is 64.1 Å². The molecule has 1 aliphatic rings. The molecule has 1 aliphatic heterocycles. The highest BCUT2D eigenvalue weighted by atomic mass is 16.3. The number of hydrazone groups is 1. The van der Waals surface area contributed by atoms with Gasteiger partial charge in [-0.15, -0.1) is 0 Å². The summed E-state index contributed by atoms with van der Waals surface area (Å²) < 4.78 is 5.96. The summed E-state index contributed by atoms with van der Waals surface area (Å²) >= 11 is 0. The fourth-order valence-corrected chi connectivity index (χ4v) is 3.62. The van der Waals surface area contributed by atoms with Crippen molar-refractivity contribution in [3.05, 3.63) is 88.4 Å². The number of hydrogen-bond acceptors (Lipinski definition) is 3. The van der Waals surface area contributed by atoms with Crippen LogP contribution in [0.25, 0.3) is 0 Å². The standard InChI is InChI=1S/C23H24N2O/c1-15-12-17(3)20(13-16(15)2)21-14-22(23-11-10-18(4)26-23)25(24-21)19-8-6-5-7-9-19/h5-13,22H,14H2,1-4H3/t22-/m0/s1. The Bertz CT molecular complexity index is 969. The predicted octanol–water partition coefficient (Wildman–Crippen LogP) is 5.87. The maximum atomic E-state index is 5.96. The van der Waals surface area contributed by atoms with E-state index in [0.717, 1.165) is 29.3 Å². The summed E-state index contributed by atoms with van der Waals surface area (Å²) in [5, 5.41) is 7.12. The van der Waals surface area contributed by atoms with Gasteiger partial charge in [0.05, 0.1) is 11.4 Å². The number of para-hydroxylation sites is 1. The number of nitrogens with zero attached hydrogens (tertiary/aromatic N) is 2. The van der Waals surface area contributed by atoms with Gasteiger partial charge in [-0.25, -0.2) is 0 Å². The number of rotatable bonds is 3. The van der Waals surface area contributed by atoms with Gasteiger partial charge < -0.3 is 4.42 Å². The summed E-state index contributed by atoms with van der Waals surface area (Å²) in [4.78, 5) is 0. The van der Waals surface area contributed by atoms with E-state index >= 15 is 0 Å². The van der Waals surface area contributed by atoms with Gasteiger partial charge in [0.2, 0.25) is 0 Å². The lowest BCUT2D eigenvalue weighted by molar-refractivity contribution is 0.445. The van der Waals surface area contributed by atoms with Crippen LogP contribution < -0.4 is 5.01 Å². The van der Waals surface area contributed by atoms with E-state index in [1.807, 2.05) is 19.1 Å². The average molecular weight is 344 g/mol. The van der Waals surface area contributed by atoms with Crippen molar-refractivity contribution in [1.82, 2.24) is 0 Å². The second kappa shape index (κ2) is 6.49. The van der Waals surface area contributed by atoms with E-state index in [1.165, 1.54) is 22.3 Å². The summed E-state index contributed by atoms with van der Waals surface area (Å²) in [6.07, 6.45) is 0.838. The van der Waals surface area contributed by atoms with Crippen molar-refractivity contribution in [3.63, 3.8) is 0 Å². The fraction of sp³-hybridized carbons (Fsp3) is 0.261. The normalized spacial score (nSPS) is 16.8. The smallest absolute Gasteiger partial charge is 0.129 e. The van der Waals surface area contributed by atoms with Crippen LogP contribution in [0.2, 0.25) is 0 Å². The molecule has 0 spiro atoms. The fourth-order valence-electron chi connectivity index (χ4n) is 3.62.